The minimum atomic E-state index is -0.526. The van der Waals surface area contributed by atoms with Crippen LogP contribution in [0.5, 0.6) is 11.5 Å². The average Bonchev–Trinajstić information content (AvgIpc) is 4.16. The van der Waals surface area contributed by atoms with Crippen molar-refractivity contribution < 1.29 is 19.0 Å². The molecule has 8 aromatic rings. The molecule has 2 aliphatic heterocycles. The third-order valence-electron chi connectivity index (χ3n) is 10.9. The zero-order valence-corrected chi connectivity index (χ0v) is 39.2. The highest BCUT2D eigenvalue weighted by Crippen LogP contribution is 2.33. The molecule has 2 atom stereocenters. The Balaban J connectivity index is 0.000000171. The molecule has 18 nitrogen and oxygen atoms in total. The number of fused-ring (bicyclic) bond motifs is 2. The molecule has 0 bridgehead atoms. The lowest BCUT2D eigenvalue weighted by molar-refractivity contribution is 0.0275. The van der Waals surface area contributed by atoms with Gasteiger partial charge in [-0.1, -0.05) is 24.3 Å². The van der Waals surface area contributed by atoms with Crippen LogP contribution in [0.3, 0.4) is 0 Å². The van der Waals surface area contributed by atoms with E-state index in [0.717, 1.165) is 86.0 Å². The second-order valence-corrected chi connectivity index (χ2v) is 18.3. The number of hydrogen-bond donors (Lipinski definition) is 3. The van der Waals surface area contributed by atoms with Crippen LogP contribution in [-0.2, 0) is 17.8 Å². The maximum Gasteiger partial charge on any atom is 0.410 e. The number of benzene rings is 4. The van der Waals surface area contributed by atoms with E-state index in [2.05, 4.69) is 87.1 Å². The molecule has 2 unspecified atom stereocenters. The average molecular weight is 968 g/mol. The van der Waals surface area contributed by atoms with Gasteiger partial charge in [-0.05, 0) is 110 Å². The van der Waals surface area contributed by atoms with Crippen molar-refractivity contribution in [3.8, 4) is 11.5 Å². The Morgan fingerprint density at radius 3 is 1.94 bits per heavy atom. The molecule has 67 heavy (non-hydrogen) atoms. The number of nitrogens with one attached hydrogen (secondary N) is 3. The van der Waals surface area contributed by atoms with E-state index in [-0.39, 0.29) is 18.3 Å². The van der Waals surface area contributed by atoms with Gasteiger partial charge in [-0.25, -0.2) is 44.1 Å². The van der Waals surface area contributed by atoms with E-state index in [9.17, 15) is 4.79 Å². The predicted octanol–water partition coefficient (Wildman–Crippen LogP) is 8.23. The molecule has 2 fully saturated rings. The van der Waals surface area contributed by atoms with Gasteiger partial charge in [-0.2, -0.15) is 10.2 Å². The van der Waals surface area contributed by atoms with Crippen LogP contribution in [0.15, 0.2) is 115 Å². The second-order valence-electron chi connectivity index (χ2n) is 17.4. The number of anilines is 4. The Morgan fingerprint density at radius 2 is 1.37 bits per heavy atom. The van der Waals surface area contributed by atoms with Gasteiger partial charge in [0, 0.05) is 66.2 Å². The molecular formula is C48H51BrN14O4. The Labute approximate surface area is 395 Å². The first-order chi connectivity index (χ1) is 32.4. The predicted molar refractivity (Wildman–Crippen MR) is 258 cm³/mol. The zero-order chi connectivity index (χ0) is 46.3. The number of carbonyl (C=O) groups is 1. The number of halogens is 1. The van der Waals surface area contributed by atoms with Crippen molar-refractivity contribution in [1.29, 1.82) is 0 Å². The summed E-state index contributed by atoms with van der Waals surface area (Å²) in [5.41, 5.74) is 6.16. The minimum absolute atomic E-state index is 0.131. The van der Waals surface area contributed by atoms with Gasteiger partial charge in [0.25, 0.3) is 0 Å². The lowest BCUT2D eigenvalue weighted by Gasteiger charge is -2.24. The molecule has 0 radical (unpaired) electrons. The van der Waals surface area contributed by atoms with E-state index in [4.69, 9.17) is 24.2 Å². The second kappa shape index (κ2) is 20.1. The fourth-order valence-electron chi connectivity index (χ4n) is 7.70. The smallest absolute Gasteiger partial charge is 0.410 e. The lowest BCUT2D eigenvalue weighted by atomic mass is 10.1. The maximum absolute atomic E-state index is 12.4. The molecule has 4 aromatic carbocycles. The topological polar surface area (TPSA) is 197 Å². The van der Waals surface area contributed by atoms with Crippen molar-refractivity contribution in [2.45, 2.75) is 71.4 Å². The summed E-state index contributed by atoms with van der Waals surface area (Å²) in [5, 5.41) is 20.1. The van der Waals surface area contributed by atoms with Crippen molar-refractivity contribution >= 4 is 67.1 Å². The van der Waals surface area contributed by atoms with Crippen molar-refractivity contribution in [2.75, 3.05) is 36.8 Å². The van der Waals surface area contributed by atoms with Gasteiger partial charge < -0.3 is 35.1 Å². The number of nitrogens with zero attached hydrogens (tertiary/aromatic N) is 11. The molecule has 2 saturated heterocycles. The molecule has 344 valence electrons. The molecule has 19 heteroatoms. The molecule has 10 rings (SSSR count). The molecule has 0 aliphatic carbocycles. The first-order valence-electron chi connectivity index (χ1n) is 22.1. The van der Waals surface area contributed by atoms with Gasteiger partial charge in [0.1, 0.15) is 54.6 Å². The summed E-state index contributed by atoms with van der Waals surface area (Å²) in [4.78, 5) is 40.4. The molecule has 6 heterocycles. The quantitative estimate of drug-likeness (QED) is 0.106. The molecule has 2 aliphatic rings. The summed E-state index contributed by atoms with van der Waals surface area (Å²) in [6, 6.07) is 24.0. The van der Waals surface area contributed by atoms with Gasteiger partial charge in [0.2, 0.25) is 11.9 Å². The van der Waals surface area contributed by atoms with Gasteiger partial charge >= 0.3 is 6.09 Å². The highest BCUT2D eigenvalue weighted by atomic mass is 79.9. The van der Waals surface area contributed by atoms with E-state index in [1.807, 2.05) is 81.6 Å². The van der Waals surface area contributed by atoms with Crippen LogP contribution in [0.2, 0.25) is 0 Å². The Kier molecular flexibility index (Phi) is 13.5. The van der Waals surface area contributed by atoms with Crippen molar-refractivity contribution in [2.24, 2.45) is 0 Å². The van der Waals surface area contributed by atoms with Gasteiger partial charge in [-0.15, -0.1) is 0 Å². The van der Waals surface area contributed by atoms with E-state index >= 15 is 0 Å². The van der Waals surface area contributed by atoms with Crippen LogP contribution in [-0.4, -0.2) is 104 Å². The van der Waals surface area contributed by atoms with Crippen LogP contribution in [0, 0.1) is 6.92 Å². The molecular weight excluding hydrogens is 917 g/mol. The van der Waals surface area contributed by atoms with E-state index in [0.29, 0.717) is 43.8 Å². The third-order valence-corrected chi connectivity index (χ3v) is 11.5. The van der Waals surface area contributed by atoms with Gasteiger partial charge in [-0.3, -0.25) is 0 Å². The van der Waals surface area contributed by atoms with Crippen LogP contribution >= 0.6 is 15.9 Å². The minimum Gasteiger partial charge on any atom is -0.489 e. The van der Waals surface area contributed by atoms with Gasteiger partial charge in [0.05, 0.1) is 35.1 Å². The molecule has 4 aromatic heterocycles. The largest absolute Gasteiger partial charge is 0.489 e. The van der Waals surface area contributed by atoms with Crippen LogP contribution in [0.25, 0.3) is 21.8 Å². The van der Waals surface area contributed by atoms with Crippen molar-refractivity contribution in [1.82, 2.24) is 59.7 Å². The monoisotopic (exact) mass is 966 g/mol. The number of likely N-dealkylation sites (tertiary alicyclic amines) is 1. The fourth-order valence-corrected chi connectivity index (χ4v) is 8.16. The number of amides is 1. The normalized spacial score (nSPS) is 15.9. The number of rotatable bonds is 12. The van der Waals surface area contributed by atoms with E-state index in [1.165, 1.54) is 12.7 Å². The standard InChI is InChI=1S/C26H28BrN7O3.C22H23N7O/c1-26(2,3)37-25(35)33-8-7-20(14-33)36-23-11-22-18(10-21(23)27)12-29-24(32-22)31-19-6-4-5-17(9-19)13-34-16-28-15-30-34;1-15-7-17-10-25-22(28-20(17)9-21(15)30-19-5-6-23-11-19)27-18-4-2-3-16(8-18)12-29-14-24-13-26-29/h4-6,9-12,15-16,20H,7-8,13-14H2,1-3H3,(H,29,31,32);2-4,7-10,13-14,19,23H,5-6,11-12H2,1H3,(H,25,27,28). The molecule has 0 spiro atoms. The lowest BCUT2D eigenvalue weighted by Crippen LogP contribution is -2.36. The first-order valence-corrected chi connectivity index (χ1v) is 22.9. The van der Waals surface area contributed by atoms with E-state index < -0.39 is 5.60 Å². The summed E-state index contributed by atoms with van der Waals surface area (Å²) in [6.45, 7) is 11.9. The third kappa shape index (κ3) is 12.0. The summed E-state index contributed by atoms with van der Waals surface area (Å²) >= 11 is 3.60. The SMILES string of the molecule is CC(C)(C)OC(=O)N1CCC(Oc2cc3nc(Nc4cccc(Cn5cncn5)c4)ncc3cc2Br)C1.Cc1cc2cnc(Nc3cccc(Cn4cncn4)c3)nc2cc1OC1CCNC1. The fraction of sp³-hybridized carbons (Fsp3) is 0.312. The number of hydrogen-bond acceptors (Lipinski definition) is 15. The summed E-state index contributed by atoms with van der Waals surface area (Å²) in [5.74, 6) is 2.59. The molecule has 1 amide bonds. The number of ether oxygens (including phenoxy) is 3. The van der Waals surface area contributed by atoms with Crippen LogP contribution in [0.1, 0.15) is 50.3 Å². The molecule has 3 N–H and O–H groups in total. The van der Waals surface area contributed by atoms with Crippen molar-refractivity contribution in [3.63, 3.8) is 0 Å². The van der Waals surface area contributed by atoms with E-state index in [1.54, 1.807) is 33.1 Å². The zero-order valence-electron chi connectivity index (χ0n) is 37.6. The highest BCUT2D eigenvalue weighted by molar-refractivity contribution is 9.10. The first kappa shape index (κ1) is 44.9. The maximum atomic E-state index is 12.4. The van der Waals surface area contributed by atoms with Crippen LogP contribution in [0.4, 0.5) is 28.1 Å². The number of carbonyl (C=O) groups excluding carboxylic acids is 1. The van der Waals surface area contributed by atoms with Crippen molar-refractivity contribution in [3.05, 3.63) is 132 Å². The molecule has 0 saturated carbocycles. The van der Waals surface area contributed by atoms with Gasteiger partial charge in [0.15, 0.2) is 0 Å². The summed E-state index contributed by atoms with van der Waals surface area (Å²) in [7, 11) is 0. The summed E-state index contributed by atoms with van der Waals surface area (Å²) < 4.78 is 22.3. The highest BCUT2D eigenvalue weighted by Gasteiger charge is 2.31. The Bertz CT molecular complexity index is 2960. The summed E-state index contributed by atoms with van der Waals surface area (Å²) in [6.07, 6.45) is 11.6. The Hall–Kier alpha value is -7.25. The van der Waals surface area contributed by atoms with Crippen LogP contribution < -0.4 is 25.4 Å². The number of aryl methyl sites for hydroxylation is 1. The Morgan fingerprint density at radius 1 is 0.776 bits per heavy atom. The number of aromatic nitrogens is 10.